The van der Waals surface area contributed by atoms with Gasteiger partial charge in [-0.3, -0.25) is 20.4 Å². The number of benzene rings is 2. The normalized spacial score (nSPS) is 10.2. The topological polar surface area (TPSA) is 67.4 Å². The average Bonchev–Trinajstić information content (AvgIpc) is 2.61. The second kappa shape index (κ2) is 9.08. The minimum Gasteiger partial charge on any atom is -0.489 e. The molecular formula is C19H21ClN2O3. The van der Waals surface area contributed by atoms with Crippen molar-refractivity contribution in [2.45, 2.75) is 33.3 Å². The van der Waals surface area contributed by atoms with E-state index in [9.17, 15) is 9.59 Å². The van der Waals surface area contributed by atoms with Crippen LogP contribution in [0, 0.1) is 6.92 Å². The standard InChI is InChI=1S/C19H21ClN2O3/c1-3-4-18(23)21-22-19(24)15-7-5-14(6-8-15)12-25-16-9-10-17(20)13(2)11-16/h5-11H,3-4,12H2,1-2H3,(H,21,23)(H,22,24). The molecule has 0 heterocycles. The maximum Gasteiger partial charge on any atom is 0.269 e. The van der Waals surface area contributed by atoms with Gasteiger partial charge in [-0.25, -0.2) is 0 Å². The molecule has 0 bridgehead atoms. The lowest BCUT2D eigenvalue weighted by atomic mass is 10.1. The van der Waals surface area contributed by atoms with Gasteiger partial charge in [0, 0.05) is 17.0 Å². The van der Waals surface area contributed by atoms with Gasteiger partial charge in [0.15, 0.2) is 0 Å². The fourth-order valence-corrected chi connectivity index (χ4v) is 2.23. The molecule has 6 heteroatoms. The smallest absolute Gasteiger partial charge is 0.269 e. The molecule has 2 amide bonds. The molecule has 0 spiro atoms. The molecule has 0 aliphatic carbocycles. The number of nitrogens with one attached hydrogen (secondary N) is 2. The predicted octanol–water partition coefficient (Wildman–Crippen LogP) is 3.79. The van der Waals surface area contributed by atoms with Gasteiger partial charge in [0.1, 0.15) is 12.4 Å². The second-order valence-electron chi connectivity index (χ2n) is 5.65. The van der Waals surface area contributed by atoms with Crippen LogP contribution in [0.15, 0.2) is 42.5 Å². The van der Waals surface area contributed by atoms with Crippen LogP contribution in [-0.2, 0) is 11.4 Å². The molecule has 132 valence electrons. The molecule has 2 rings (SSSR count). The van der Waals surface area contributed by atoms with Crippen LogP contribution in [0.3, 0.4) is 0 Å². The van der Waals surface area contributed by atoms with E-state index in [1.54, 1.807) is 18.2 Å². The van der Waals surface area contributed by atoms with Crippen LogP contribution >= 0.6 is 11.6 Å². The first-order chi connectivity index (χ1) is 12.0. The minimum absolute atomic E-state index is 0.209. The average molecular weight is 361 g/mol. The Morgan fingerprint density at radius 2 is 1.80 bits per heavy atom. The van der Waals surface area contributed by atoms with Gasteiger partial charge in [-0.1, -0.05) is 30.7 Å². The van der Waals surface area contributed by atoms with Gasteiger partial charge < -0.3 is 4.74 Å². The molecular weight excluding hydrogens is 340 g/mol. The van der Waals surface area contributed by atoms with E-state index in [1.807, 2.05) is 38.1 Å². The van der Waals surface area contributed by atoms with Crippen LogP contribution in [0.25, 0.3) is 0 Å². The number of amides is 2. The van der Waals surface area contributed by atoms with Crippen molar-refractivity contribution in [3.63, 3.8) is 0 Å². The predicted molar refractivity (Wildman–Crippen MR) is 97.5 cm³/mol. The van der Waals surface area contributed by atoms with Crippen molar-refractivity contribution in [3.8, 4) is 5.75 Å². The minimum atomic E-state index is -0.356. The molecule has 2 N–H and O–H groups in total. The van der Waals surface area contributed by atoms with Crippen LogP contribution in [0.2, 0.25) is 5.02 Å². The van der Waals surface area contributed by atoms with Crippen molar-refractivity contribution < 1.29 is 14.3 Å². The number of carbonyl (C=O) groups excluding carboxylic acids is 2. The van der Waals surface area contributed by atoms with Gasteiger partial charge in [0.25, 0.3) is 5.91 Å². The van der Waals surface area contributed by atoms with E-state index < -0.39 is 0 Å². The van der Waals surface area contributed by atoms with Gasteiger partial charge >= 0.3 is 0 Å². The molecule has 25 heavy (non-hydrogen) atoms. The summed E-state index contributed by atoms with van der Waals surface area (Å²) in [6.45, 7) is 4.20. The first-order valence-electron chi connectivity index (χ1n) is 8.06. The van der Waals surface area contributed by atoms with E-state index >= 15 is 0 Å². The third-order valence-corrected chi connectivity index (χ3v) is 3.97. The number of hydrogen-bond acceptors (Lipinski definition) is 3. The molecule has 0 radical (unpaired) electrons. The summed E-state index contributed by atoms with van der Waals surface area (Å²) >= 11 is 5.99. The highest BCUT2D eigenvalue weighted by molar-refractivity contribution is 6.31. The van der Waals surface area contributed by atoms with Crippen molar-refractivity contribution in [2.75, 3.05) is 0 Å². The Morgan fingerprint density at radius 1 is 1.08 bits per heavy atom. The van der Waals surface area contributed by atoms with E-state index in [0.717, 1.165) is 23.3 Å². The summed E-state index contributed by atoms with van der Waals surface area (Å²) in [5.41, 5.74) is 7.11. The summed E-state index contributed by atoms with van der Waals surface area (Å²) in [5, 5.41) is 0.703. The van der Waals surface area contributed by atoms with Crippen molar-refractivity contribution in [3.05, 3.63) is 64.2 Å². The Bertz CT molecular complexity index is 745. The molecule has 0 aliphatic heterocycles. The fraction of sp³-hybridized carbons (Fsp3) is 0.263. The monoisotopic (exact) mass is 360 g/mol. The van der Waals surface area contributed by atoms with E-state index in [-0.39, 0.29) is 11.8 Å². The van der Waals surface area contributed by atoms with Gasteiger partial charge in [0.05, 0.1) is 0 Å². The maximum absolute atomic E-state index is 11.9. The zero-order valence-corrected chi connectivity index (χ0v) is 15.0. The first kappa shape index (κ1) is 18.8. The van der Waals surface area contributed by atoms with E-state index in [4.69, 9.17) is 16.3 Å². The van der Waals surface area contributed by atoms with Crippen LogP contribution in [0.4, 0.5) is 0 Å². The summed E-state index contributed by atoms with van der Waals surface area (Å²) in [5.74, 6) is 0.173. The summed E-state index contributed by atoms with van der Waals surface area (Å²) in [7, 11) is 0. The van der Waals surface area contributed by atoms with Gasteiger partial charge in [-0.05, 0) is 54.8 Å². The number of hydrogen-bond donors (Lipinski definition) is 2. The summed E-state index contributed by atoms with van der Waals surface area (Å²) in [6.07, 6.45) is 1.10. The molecule has 0 atom stereocenters. The molecule has 0 aromatic heterocycles. The molecule has 2 aromatic rings. The summed E-state index contributed by atoms with van der Waals surface area (Å²) in [4.78, 5) is 23.3. The number of rotatable bonds is 6. The van der Waals surface area contributed by atoms with E-state index in [1.165, 1.54) is 0 Å². The zero-order valence-electron chi connectivity index (χ0n) is 14.3. The molecule has 5 nitrogen and oxygen atoms in total. The number of carbonyl (C=O) groups is 2. The highest BCUT2D eigenvalue weighted by Crippen LogP contribution is 2.21. The maximum atomic E-state index is 11.9. The molecule has 0 saturated heterocycles. The molecule has 0 unspecified atom stereocenters. The van der Waals surface area contributed by atoms with E-state index in [0.29, 0.717) is 23.6 Å². The third-order valence-electron chi connectivity index (χ3n) is 3.54. The number of hydrazine groups is 1. The molecule has 0 fully saturated rings. The number of halogens is 1. The van der Waals surface area contributed by atoms with Crippen LogP contribution in [-0.4, -0.2) is 11.8 Å². The second-order valence-corrected chi connectivity index (χ2v) is 6.06. The van der Waals surface area contributed by atoms with Crippen LogP contribution < -0.4 is 15.6 Å². The SMILES string of the molecule is CCCC(=O)NNC(=O)c1ccc(COc2ccc(Cl)c(C)c2)cc1. The van der Waals surface area contributed by atoms with Crippen LogP contribution in [0.1, 0.15) is 41.3 Å². The highest BCUT2D eigenvalue weighted by Gasteiger charge is 2.07. The largest absolute Gasteiger partial charge is 0.489 e. The van der Waals surface area contributed by atoms with E-state index in [2.05, 4.69) is 10.9 Å². The van der Waals surface area contributed by atoms with Crippen molar-refractivity contribution >= 4 is 23.4 Å². The Labute approximate surface area is 152 Å². The molecule has 0 aliphatic rings. The van der Waals surface area contributed by atoms with Crippen molar-refractivity contribution in [2.24, 2.45) is 0 Å². The van der Waals surface area contributed by atoms with Crippen molar-refractivity contribution in [1.29, 1.82) is 0 Å². The molecule has 2 aromatic carbocycles. The van der Waals surface area contributed by atoms with Crippen molar-refractivity contribution in [1.82, 2.24) is 10.9 Å². The van der Waals surface area contributed by atoms with Gasteiger partial charge in [0.2, 0.25) is 5.91 Å². The van der Waals surface area contributed by atoms with Crippen LogP contribution in [0.5, 0.6) is 5.75 Å². The van der Waals surface area contributed by atoms with Gasteiger partial charge in [-0.2, -0.15) is 0 Å². The number of aryl methyl sites for hydroxylation is 1. The lowest BCUT2D eigenvalue weighted by Crippen LogP contribution is -2.41. The highest BCUT2D eigenvalue weighted by atomic mass is 35.5. The summed E-state index contributed by atoms with van der Waals surface area (Å²) < 4.78 is 5.72. The quantitative estimate of drug-likeness (QED) is 0.770. The lowest BCUT2D eigenvalue weighted by molar-refractivity contribution is -0.121. The number of ether oxygens (including phenoxy) is 1. The lowest BCUT2D eigenvalue weighted by Gasteiger charge is -2.09. The van der Waals surface area contributed by atoms with Gasteiger partial charge in [-0.15, -0.1) is 0 Å². The third kappa shape index (κ3) is 5.80. The molecule has 0 saturated carbocycles. The fourth-order valence-electron chi connectivity index (χ4n) is 2.11. The Balaban J connectivity index is 1.87. The Hall–Kier alpha value is -2.53. The Morgan fingerprint density at radius 3 is 2.44 bits per heavy atom. The first-order valence-corrected chi connectivity index (χ1v) is 8.44. The summed E-state index contributed by atoms with van der Waals surface area (Å²) in [6, 6.07) is 12.5. The Kier molecular flexibility index (Phi) is 6.83. The zero-order chi connectivity index (χ0) is 18.2.